The maximum Gasteiger partial charge on any atom is 0.300 e. The van der Waals surface area contributed by atoms with Crippen LogP contribution in [-0.4, -0.2) is 24.9 Å². The Bertz CT molecular complexity index is 450. The summed E-state index contributed by atoms with van der Waals surface area (Å²) in [7, 11) is -3.66. The molecule has 0 saturated heterocycles. The molecule has 0 aliphatic rings. The molecule has 1 rings (SSSR count). The lowest BCUT2D eigenvalue weighted by molar-refractivity contribution is 0.589. The van der Waals surface area contributed by atoms with E-state index in [4.69, 9.17) is 23.2 Å². The van der Waals surface area contributed by atoms with Crippen LogP contribution in [0, 0.1) is 0 Å². The Balaban J connectivity index is 2.95. The summed E-state index contributed by atoms with van der Waals surface area (Å²) >= 11 is 11.3. The minimum Gasteiger partial charge on any atom is -0.253 e. The molecule has 15 heavy (non-hydrogen) atoms. The molecule has 0 fully saturated rings. The summed E-state index contributed by atoms with van der Waals surface area (Å²) in [5.41, 5.74) is 0. The minimum absolute atomic E-state index is 0.0131. The average molecular weight is 271 g/mol. The van der Waals surface area contributed by atoms with Crippen molar-refractivity contribution in [3.63, 3.8) is 0 Å². The molecule has 0 amide bonds. The van der Waals surface area contributed by atoms with Crippen molar-refractivity contribution in [2.45, 2.75) is 6.92 Å². The Morgan fingerprint density at radius 2 is 2.07 bits per heavy atom. The molecule has 1 heterocycles. The first-order chi connectivity index (χ1) is 6.96. The molecule has 84 valence electrons. The van der Waals surface area contributed by atoms with Crippen LogP contribution in [0.2, 0.25) is 10.2 Å². The van der Waals surface area contributed by atoms with Crippen molar-refractivity contribution < 1.29 is 8.42 Å². The van der Waals surface area contributed by atoms with Gasteiger partial charge in [0, 0.05) is 6.54 Å². The van der Waals surface area contributed by atoms with Crippen LogP contribution in [0.3, 0.4) is 0 Å². The first-order valence-electron chi connectivity index (χ1n) is 3.89. The molecule has 0 spiro atoms. The van der Waals surface area contributed by atoms with Gasteiger partial charge in [0.05, 0.1) is 0 Å². The van der Waals surface area contributed by atoms with Gasteiger partial charge in [-0.2, -0.15) is 13.1 Å². The number of rotatable bonds is 4. The standard InChI is InChI=1S/C6H8Cl2N4O2S/c1-2-11-15(13,14)12-6-4(7)5(8)9-3-10-6/h3,11H,2H2,1H3,(H,9,10,12). The average Bonchev–Trinajstić information content (AvgIpc) is 2.12. The second-order valence-electron chi connectivity index (χ2n) is 2.43. The van der Waals surface area contributed by atoms with E-state index >= 15 is 0 Å². The van der Waals surface area contributed by atoms with Gasteiger partial charge >= 0.3 is 0 Å². The van der Waals surface area contributed by atoms with E-state index in [1.165, 1.54) is 0 Å². The van der Waals surface area contributed by atoms with Crippen LogP contribution in [0.15, 0.2) is 6.33 Å². The molecule has 0 bridgehead atoms. The van der Waals surface area contributed by atoms with Gasteiger partial charge in [-0.25, -0.2) is 9.97 Å². The molecule has 0 aliphatic heterocycles. The maximum atomic E-state index is 11.3. The van der Waals surface area contributed by atoms with E-state index in [2.05, 4.69) is 19.4 Å². The third-order valence-electron chi connectivity index (χ3n) is 1.31. The fourth-order valence-electron chi connectivity index (χ4n) is 0.773. The Kier molecular flexibility index (Phi) is 4.09. The van der Waals surface area contributed by atoms with Crippen LogP contribution in [-0.2, 0) is 10.2 Å². The smallest absolute Gasteiger partial charge is 0.253 e. The van der Waals surface area contributed by atoms with E-state index in [1.54, 1.807) is 6.92 Å². The van der Waals surface area contributed by atoms with Crippen LogP contribution in [0.5, 0.6) is 0 Å². The highest BCUT2D eigenvalue weighted by Crippen LogP contribution is 2.25. The molecular weight excluding hydrogens is 263 g/mol. The van der Waals surface area contributed by atoms with Crippen molar-refractivity contribution in [2.24, 2.45) is 0 Å². The summed E-state index contributed by atoms with van der Waals surface area (Å²) in [6, 6.07) is 0. The first kappa shape index (κ1) is 12.4. The number of nitrogens with one attached hydrogen (secondary N) is 2. The zero-order valence-corrected chi connectivity index (χ0v) is 9.99. The van der Waals surface area contributed by atoms with Gasteiger partial charge < -0.3 is 0 Å². The topological polar surface area (TPSA) is 84.0 Å². The van der Waals surface area contributed by atoms with Gasteiger partial charge in [0.15, 0.2) is 11.0 Å². The fourth-order valence-corrected chi connectivity index (χ4v) is 1.97. The van der Waals surface area contributed by atoms with Gasteiger partial charge in [0.2, 0.25) is 0 Å². The van der Waals surface area contributed by atoms with Gasteiger partial charge in [0.1, 0.15) is 11.3 Å². The number of hydrogen-bond donors (Lipinski definition) is 2. The lowest BCUT2D eigenvalue weighted by atomic mass is 10.6. The largest absolute Gasteiger partial charge is 0.300 e. The Morgan fingerprint density at radius 1 is 1.40 bits per heavy atom. The van der Waals surface area contributed by atoms with E-state index in [0.29, 0.717) is 0 Å². The molecule has 0 radical (unpaired) electrons. The van der Waals surface area contributed by atoms with Crippen molar-refractivity contribution in [2.75, 3.05) is 11.3 Å². The minimum atomic E-state index is -3.66. The summed E-state index contributed by atoms with van der Waals surface area (Å²) in [6.07, 6.45) is 1.11. The van der Waals surface area contributed by atoms with E-state index in [0.717, 1.165) is 6.33 Å². The molecule has 6 nitrogen and oxygen atoms in total. The molecule has 0 aliphatic carbocycles. The monoisotopic (exact) mass is 270 g/mol. The van der Waals surface area contributed by atoms with Crippen molar-refractivity contribution >= 4 is 39.2 Å². The lowest BCUT2D eigenvalue weighted by Crippen LogP contribution is -2.30. The number of nitrogens with zero attached hydrogens (tertiary/aromatic N) is 2. The van der Waals surface area contributed by atoms with Crippen LogP contribution in [0.25, 0.3) is 0 Å². The van der Waals surface area contributed by atoms with Crippen molar-refractivity contribution in [1.82, 2.24) is 14.7 Å². The highest BCUT2D eigenvalue weighted by Gasteiger charge is 2.13. The second kappa shape index (κ2) is 4.93. The van der Waals surface area contributed by atoms with Gasteiger partial charge in [-0.05, 0) is 0 Å². The Morgan fingerprint density at radius 3 is 2.67 bits per heavy atom. The number of halogens is 2. The van der Waals surface area contributed by atoms with E-state index < -0.39 is 10.2 Å². The molecule has 1 aromatic heterocycles. The number of hydrogen-bond acceptors (Lipinski definition) is 4. The normalized spacial score (nSPS) is 11.4. The Hall–Kier alpha value is -0.630. The zero-order chi connectivity index (χ0) is 11.5. The maximum absolute atomic E-state index is 11.3. The van der Waals surface area contributed by atoms with Crippen LogP contribution >= 0.6 is 23.2 Å². The van der Waals surface area contributed by atoms with E-state index in [1.807, 2.05) is 0 Å². The summed E-state index contributed by atoms with van der Waals surface area (Å²) < 4.78 is 26.9. The predicted octanol–water partition coefficient (Wildman–Crippen LogP) is 1.05. The third-order valence-corrected chi connectivity index (χ3v) is 3.18. The highest BCUT2D eigenvalue weighted by atomic mass is 35.5. The van der Waals surface area contributed by atoms with Gasteiger partial charge in [0.25, 0.3) is 10.2 Å². The summed E-state index contributed by atoms with van der Waals surface area (Å²) in [6.45, 7) is 1.90. The molecule has 9 heteroatoms. The van der Waals surface area contributed by atoms with Gasteiger partial charge in [-0.3, -0.25) is 4.72 Å². The highest BCUT2D eigenvalue weighted by molar-refractivity contribution is 7.90. The van der Waals surface area contributed by atoms with Crippen LogP contribution < -0.4 is 9.44 Å². The zero-order valence-electron chi connectivity index (χ0n) is 7.66. The Labute approximate surface area is 97.2 Å². The fraction of sp³-hybridized carbons (Fsp3) is 0.333. The summed E-state index contributed by atoms with van der Waals surface area (Å²) in [4.78, 5) is 7.23. The lowest BCUT2D eigenvalue weighted by Gasteiger charge is -2.08. The van der Waals surface area contributed by atoms with Crippen molar-refractivity contribution in [3.8, 4) is 0 Å². The molecule has 0 saturated carbocycles. The molecule has 2 N–H and O–H groups in total. The van der Waals surface area contributed by atoms with Gasteiger partial charge in [-0.1, -0.05) is 30.1 Å². The number of anilines is 1. The molecular formula is C6H8Cl2N4O2S. The molecule has 0 unspecified atom stereocenters. The van der Waals surface area contributed by atoms with Gasteiger partial charge in [-0.15, -0.1) is 0 Å². The summed E-state index contributed by atoms with van der Waals surface area (Å²) in [5, 5.41) is -0.0542. The van der Waals surface area contributed by atoms with E-state index in [9.17, 15) is 8.42 Å². The molecule has 0 atom stereocenters. The molecule has 0 aromatic carbocycles. The third kappa shape index (κ3) is 3.45. The quantitative estimate of drug-likeness (QED) is 0.802. The van der Waals surface area contributed by atoms with Crippen LogP contribution in [0.4, 0.5) is 5.82 Å². The van der Waals surface area contributed by atoms with Crippen LogP contribution in [0.1, 0.15) is 6.92 Å². The van der Waals surface area contributed by atoms with Crippen molar-refractivity contribution in [3.05, 3.63) is 16.5 Å². The SMILES string of the molecule is CCNS(=O)(=O)Nc1ncnc(Cl)c1Cl. The summed E-state index contributed by atoms with van der Waals surface area (Å²) in [5.74, 6) is -0.0578. The van der Waals surface area contributed by atoms with Crippen molar-refractivity contribution in [1.29, 1.82) is 0 Å². The van der Waals surface area contributed by atoms with E-state index in [-0.39, 0.29) is 22.5 Å². The molecule has 1 aromatic rings. The number of aromatic nitrogens is 2. The first-order valence-corrected chi connectivity index (χ1v) is 6.13. The predicted molar refractivity (Wildman–Crippen MR) is 58.3 cm³/mol. The second-order valence-corrected chi connectivity index (χ2v) is 4.67.